The second-order valence-electron chi connectivity index (χ2n) is 5.85. The molecule has 0 bridgehead atoms. The van der Waals surface area contributed by atoms with Crippen LogP contribution in [0.1, 0.15) is 32.6 Å². The zero-order valence-electron chi connectivity index (χ0n) is 11.9. The van der Waals surface area contributed by atoms with Crippen molar-refractivity contribution in [2.45, 2.75) is 43.0 Å². The maximum atomic E-state index is 13.7. The first kappa shape index (κ1) is 16.3. The van der Waals surface area contributed by atoms with Crippen molar-refractivity contribution in [3.8, 4) is 0 Å². The largest absolute Gasteiger partial charge is 0.329 e. The van der Waals surface area contributed by atoms with Gasteiger partial charge in [0, 0.05) is 18.2 Å². The number of nitrogens with two attached hydrogens (primary N) is 1. The summed E-state index contributed by atoms with van der Waals surface area (Å²) >= 11 is 0. The highest BCUT2D eigenvalue weighted by Gasteiger charge is 2.37. The molecule has 1 aromatic carbocycles. The minimum Gasteiger partial charge on any atom is -0.329 e. The maximum Gasteiger partial charge on any atom is 0.244 e. The minimum atomic E-state index is -4.07. The lowest BCUT2D eigenvalue weighted by Gasteiger charge is -2.38. The number of hydrogen-bond acceptors (Lipinski definition) is 3. The SMILES string of the molecule is CC1CCC(CN)(NS(=O)(=O)c2ccc(F)cc2F)CC1. The minimum absolute atomic E-state index is 0.155. The van der Waals surface area contributed by atoms with E-state index in [9.17, 15) is 17.2 Å². The van der Waals surface area contributed by atoms with E-state index < -0.39 is 32.1 Å². The lowest BCUT2D eigenvalue weighted by Crippen LogP contribution is -2.55. The van der Waals surface area contributed by atoms with Gasteiger partial charge in [-0.1, -0.05) is 6.92 Å². The Hall–Kier alpha value is -1.05. The van der Waals surface area contributed by atoms with Crippen LogP contribution in [0.3, 0.4) is 0 Å². The summed E-state index contributed by atoms with van der Waals surface area (Å²) < 4.78 is 53.8. The van der Waals surface area contributed by atoms with E-state index in [1.54, 1.807) is 0 Å². The molecular weight excluding hydrogens is 298 g/mol. The molecule has 0 aromatic heterocycles. The molecule has 1 fully saturated rings. The summed E-state index contributed by atoms with van der Waals surface area (Å²) in [6.45, 7) is 2.26. The highest BCUT2D eigenvalue weighted by Crippen LogP contribution is 2.32. The Bertz CT molecular complexity index is 611. The van der Waals surface area contributed by atoms with E-state index in [2.05, 4.69) is 11.6 Å². The van der Waals surface area contributed by atoms with E-state index in [0.717, 1.165) is 25.0 Å². The molecule has 7 heteroatoms. The molecule has 0 amide bonds. The zero-order valence-corrected chi connectivity index (χ0v) is 12.7. The van der Waals surface area contributed by atoms with E-state index in [1.165, 1.54) is 0 Å². The molecule has 1 saturated carbocycles. The average molecular weight is 318 g/mol. The number of nitrogens with one attached hydrogen (secondary N) is 1. The van der Waals surface area contributed by atoms with Crippen LogP contribution in [-0.4, -0.2) is 20.5 Å². The maximum absolute atomic E-state index is 13.7. The van der Waals surface area contributed by atoms with Gasteiger partial charge in [-0.15, -0.1) is 0 Å². The number of benzene rings is 1. The fourth-order valence-corrected chi connectivity index (χ4v) is 4.23. The molecule has 0 atom stereocenters. The summed E-state index contributed by atoms with van der Waals surface area (Å²) in [4.78, 5) is -0.546. The van der Waals surface area contributed by atoms with Gasteiger partial charge in [-0.2, -0.15) is 0 Å². The van der Waals surface area contributed by atoms with Crippen molar-refractivity contribution < 1.29 is 17.2 Å². The number of sulfonamides is 1. The molecule has 0 radical (unpaired) electrons. The first-order valence-corrected chi connectivity index (χ1v) is 8.45. The predicted octanol–water partition coefficient (Wildman–Crippen LogP) is 2.15. The number of rotatable bonds is 4. The van der Waals surface area contributed by atoms with Gasteiger partial charge in [0.25, 0.3) is 0 Å². The highest BCUT2D eigenvalue weighted by atomic mass is 32.2. The van der Waals surface area contributed by atoms with Crippen LogP contribution < -0.4 is 10.5 Å². The molecule has 0 aliphatic heterocycles. The summed E-state index contributed by atoms with van der Waals surface area (Å²) in [6, 6.07) is 2.42. The Balaban J connectivity index is 2.27. The van der Waals surface area contributed by atoms with Crippen molar-refractivity contribution in [1.29, 1.82) is 0 Å². The van der Waals surface area contributed by atoms with E-state index in [1.807, 2.05) is 0 Å². The normalized spacial score (nSPS) is 26.8. The summed E-state index contributed by atoms with van der Waals surface area (Å²) in [7, 11) is -4.07. The van der Waals surface area contributed by atoms with Crippen molar-refractivity contribution in [2.75, 3.05) is 6.54 Å². The van der Waals surface area contributed by atoms with Crippen molar-refractivity contribution >= 4 is 10.0 Å². The van der Waals surface area contributed by atoms with Gasteiger partial charge in [0.1, 0.15) is 16.5 Å². The molecule has 1 aliphatic rings. The molecule has 0 spiro atoms. The standard InChI is InChI=1S/C14H20F2N2O2S/c1-10-4-6-14(9-17,7-5-10)18-21(19,20)13-3-2-11(15)8-12(13)16/h2-3,8,10,18H,4-7,9,17H2,1H3. The lowest BCUT2D eigenvalue weighted by molar-refractivity contribution is 0.231. The Morgan fingerprint density at radius 3 is 2.48 bits per heavy atom. The van der Waals surface area contributed by atoms with Crippen LogP contribution in [0.15, 0.2) is 23.1 Å². The van der Waals surface area contributed by atoms with Crippen molar-refractivity contribution in [1.82, 2.24) is 4.72 Å². The van der Waals surface area contributed by atoms with E-state index in [-0.39, 0.29) is 6.54 Å². The van der Waals surface area contributed by atoms with Crippen LogP contribution in [0.5, 0.6) is 0 Å². The van der Waals surface area contributed by atoms with E-state index in [4.69, 9.17) is 5.73 Å². The predicted molar refractivity (Wildman–Crippen MR) is 76.1 cm³/mol. The van der Waals surface area contributed by atoms with Crippen molar-refractivity contribution in [3.05, 3.63) is 29.8 Å². The fraction of sp³-hybridized carbons (Fsp3) is 0.571. The third-order valence-electron chi connectivity index (χ3n) is 4.16. The van der Waals surface area contributed by atoms with Crippen LogP contribution in [-0.2, 0) is 10.0 Å². The summed E-state index contributed by atoms with van der Waals surface area (Å²) in [6.07, 6.45) is 2.97. The van der Waals surface area contributed by atoms with E-state index in [0.29, 0.717) is 24.8 Å². The van der Waals surface area contributed by atoms with Crippen LogP contribution in [0, 0.1) is 17.6 Å². The van der Waals surface area contributed by atoms with Gasteiger partial charge in [-0.25, -0.2) is 21.9 Å². The van der Waals surface area contributed by atoms with Gasteiger partial charge in [0.15, 0.2) is 0 Å². The number of halogens is 2. The van der Waals surface area contributed by atoms with Gasteiger partial charge in [0.05, 0.1) is 0 Å². The van der Waals surface area contributed by atoms with E-state index >= 15 is 0 Å². The Morgan fingerprint density at radius 2 is 1.95 bits per heavy atom. The molecule has 0 heterocycles. The second-order valence-corrected chi connectivity index (χ2v) is 7.50. The average Bonchev–Trinajstić information content (AvgIpc) is 2.41. The third-order valence-corrected chi connectivity index (χ3v) is 5.77. The van der Waals surface area contributed by atoms with Crippen LogP contribution in [0.2, 0.25) is 0 Å². The second kappa shape index (κ2) is 5.98. The Kier molecular flexibility index (Phi) is 4.65. The summed E-state index contributed by atoms with van der Waals surface area (Å²) in [5.74, 6) is -1.39. The first-order valence-electron chi connectivity index (χ1n) is 6.97. The Labute approximate surface area is 123 Å². The van der Waals surface area contributed by atoms with Crippen LogP contribution in [0.4, 0.5) is 8.78 Å². The zero-order chi connectivity index (χ0) is 15.7. The molecule has 4 nitrogen and oxygen atoms in total. The highest BCUT2D eigenvalue weighted by molar-refractivity contribution is 7.89. The molecule has 1 aromatic rings. The fourth-order valence-electron chi connectivity index (χ4n) is 2.70. The monoisotopic (exact) mass is 318 g/mol. The number of hydrogen-bond donors (Lipinski definition) is 2. The molecule has 2 rings (SSSR count). The molecule has 0 unspecified atom stereocenters. The van der Waals surface area contributed by atoms with Gasteiger partial charge in [-0.05, 0) is 43.7 Å². The summed E-state index contributed by atoms with van der Waals surface area (Å²) in [5.41, 5.74) is 5.01. The molecule has 0 saturated heterocycles. The molecule has 21 heavy (non-hydrogen) atoms. The first-order chi connectivity index (χ1) is 9.78. The Morgan fingerprint density at radius 1 is 1.33 bits per heavy atom. The smallest absolute Gasteiger partial charge is 0.244 e. The van der Waals surface area contributed by atoms with Gasteiger partial charge >= 0.3 is 0 Å². The van der Waals surface area contributed by atoms with Crippen molar-refractivity contribution in [2.24, 2.45) is 11.7 Å². The molecule has 1 aliphatic carbocycles. The van der Waals surface area contributed by atoms with Crippen LogP contribution in [0.25, 0.3) is 0 Å². The molecule has 118 valence electrons. The van der Waals surface area contributed by atoms with Crippen LogP contribution >= 0.6 is 0 Å². The van der Waals surface area contributed by atoms with Gasteiger partial charge < -0.3 is 5.73 Å². The quantitative estimate of drug-likeness (QED) is 0.893. The lowest BCUT2D eigenvalue weighted by atomic mass is 9.78. The van der Waals surface area contributed by atoms with Gasteiger partial charge in [0.2, 0.25) is 10.0 Å². The molecular formula is C14H20F2N2O2S. The molecule has 3 N–H and O–H groups in total. The third kappa shape index (κ3) is 3.59. The van der Waals surface area contributed by atoms with Gasteiger partial charge in [-0.3, -0.25) is 0 Å². The summed E-state index contributed by atoms with van der Waals surface area (Å²) in [5, 5.41) is 0. The topological polar surface area (TPSA) is 72.2 Å². The van der Waals surface area contributed by atoms with Crippen molar-refractivity contribution in [3.63, 3.8) is 0 Å².